The van der Waals surface area contributed by atoms with Crippen molar-refractivity contribution < 1.29 is 14.4 Å². The largest absolute Gasteiger partial charge is 0.465 e. The topological polar surface area (TPSA) is 50.8 Å². The lowest BCUT2D eigenvalue weighted by molar-refractivity contribution is -0.188. The highest BCUT2D eigenvalue weighted by molar-refractivity contribution is 5.91. The van der Waals surface area contributed by atoms with Crippen LogP contribution in [0.25, 0.3) is 0 Å². The Morgan fingerprint density at radius 2 is 1.82 bits per heavy atom. The first kappa shape index (κ1) is 15.1. The zero-order valence-electron chi connectivity index (χ0n) is 13.6. The maximum Gasteiger partial charge on any atom is 0.340 e. The summed E-state index contributed by atoms with van der Waals surface area (Å²) in [5.41, 5.74) is -0.0602. The van der Waals surface area contributed by atoms with Crippen molar-refractivity contribution in [3.63, 3.8) is 0 Å². The van der Waals surface area contributed by atoms with Crippen LogP contribution in [0.5, 0.6) is 0 Å². The van der Waals surface area contributed by atoms with E-state index in [0.29, 0.717) is 5.57 Å². The van der Waals surface area contributed by atoms with E-state index in [1.165, 1.54) is 13.4 Å². The Balaban J connectivity index is 2.22. The van der Waals surface area contributed by atoms with Crippen LogP contribution in [0.2, 0.25) is 0 Å². The Bertz CT molecular complexity index is 637. The van der Waals surface area contributed by atoms with Gasteiger partial charge in [0.05, 0.1) is 12.6 Å². The second-order valence-electron chi connectivity index (χ2n) is 6.81. The van der Waals surface area contributed by atoms with Crippen LogP contribution in [0.3, 0.4) is 0 Å². The summed E-state index contributed by atoms with van der Waals surface area (Å²) in [5.74, 6) is -0.396. The molecule has 0 aromatic heterocycles. The maximum absolute atomic E-state index is 12.3. The average Bonchev–Trinajstić information content (AvgIpc) is 2.93. The van der Waals surface area contributed by atoms with Crippen molar-refractivity contribution in [2.75, 3.05) is 7.11 Å². The predicted molar refractivity (Wildman–Crippen MR) is 82.4 cm³/mol. The Kier molecular flexibility index (Phi) is 3.13. The van der Waals surface area contributed by atoms with Gasteiger partial charge in [0.1, 0.15) is 11.8 Å². The molecule has 1 unspecified atom stereocenters. The molecule has 1 saturated heterocycles. The quantitative estimate of drug-likeness (QED) is 0.850. The third-order valence-corrected chi connectivity index (χ3v) is 5.10. The SMILES string of the molecule is COC(=O)C1=CON2C1(c1ccccc1)NC(C)(C)C2(C)C. The van der Waals surface area contributed by atoms with Crippen molar-refractivity contribution in [1.82, 2.24) is 10.4 Å². The molecule has 0 amide bonds. The van der Waals surface area contributed by atoms with E-state index in [9.17, 15) is 4.79 Å². The van der Waals surface area contributed by atoms with Gasteiger partial charge in [-0.3, -0.25) is 5.32 Å². The van der Waals surface area contributed by atoms with Crippen molar-refractivity contribution in [1.29, 1.82) is 0 Å². The summed E-state index contributed by atoms with van der Waals surface area (Å²) in [5, 5.41) is 5.47. The van der Waals surface area contributed by atoms with Gasteiger partial charge in [0.2, 0.25) is 0 Å². The van der Waals surface area contributed by atoms with Crippen LogP contribution in [0.4, 0.5) is 0 Å². The zero-order chi connectivity index (χ0) is 16.2. The molecule has 1 aromatic rings. The molecule has 3 rings (SSSR count). The molecule has 2 aliphatic rings. The molecule has 5 heteroatoms. The second-order valence-corrected chi connectivity index (χ2v) is 6.81. The van der Waals surface area contributed by atoms with Crippen LogP contribution in [0.15, 0.2) is 42.2 Å². The van der Waals surface area contributed by atoms with E-state index in [0.717, 1.165) is 5.56 Å². The van der Waals surface area contributed by atoms with Crippen molar-refractivity contribution >= 4 is 5.97 Å². The van der Waals surface area contributed by atoms with Crippen molar-refractivity contribution in [3.8, 4) is 0 Å². The van der Waals surface area contributed by atoms with E-state index in [1.807, 2.05) is 35.4 Å². The lowest BCUT2D eigenvalue weighted by Crippen LogP contribution is -2.52. The summed E-state index contributed by atoms with van der Waals surface area (Å²) >= 11 is 0. The van der Waals surface area contributed by atoms with Crippen LogP contribution in [-0.4, -0.2) is 29.2 Å². The predicted octanol–water partition coefficient (Wildman–Crippen LogP) is 2.30. The number of hydrogen-bond donors (Lipinski definition) is 1. The Labute approximate surface area is 130 Å². The zero-order valence-corrected chi connectivity index (χ0v) is 13.6. The van der Waals surface area contributed by atoms with Crippen LogP contribution < -0.4 is 5.32 Å². The average molecular weight is 302 g/mol. The first-order chi connectivity index (χ1) is 10.3. The molecule has 1 fully saturated rings. The number of hydroxylamine groups is 2. The molecule has 2 aliphatic heterocycles. The fourth-order valence-corrected chi connectivity index (χ4v) is 3.24. The standard InChI is InChI=1S/C17H22N2O3/c1-15(2)16(3,4)19-17(18-15,12-9-7-6-8-10-12)13(11-22-19)14(20)21-5/h6-11,18H,1-5H3. The fraction of sp³-hybridized carbons (Fsp3) is 0.471. The monoisotopic (exact) mass is 302 g/mol. The molecule has 22 heavy (non-hydrogen) atoms. The third-order valence-electron chi connectivity index (χ3n) is 5.10. The van der Waals surface area contributed by atoms with Crippen molar-refractivity contribution in [3.05, 3.63) is 47.7 Å². The lowest BCUT2D eigenvalue weighted by atomic mass is 9.84. The number of nitrogens with zero attached hydrogens (tertiary/aromatic N) is 1. The molecular formula is C17H22N2O3. The number of fused-ring (bicyclic) bond motifs is 1. The number of rotatable bonds is 2. The molecule has 1 N–H and O–H groups in total. The van der Waals surface area contributed by atoms with E-state index >= 15 is 0 Å². The molecule has 0 aliphatic carbocycles. The van der Waals surface area contributed by atoms with Gasteiger partial charge in [0.15, 0.2) is 5.66 Å². The number of ether oxygens (including phenoxy) is 1. The molecule has 0 saturated carbocycles. The second kappa shape index (κ2) is 4.57. The number of nitrogens with one attached hydrogen (secondary N) is 1. The first-order valence-corrected chi connectivity index (χ1v) is 7.38. The van der Waals surface area contributed by atoms with E-state index in [-0.39, 0.29) is 11.1 Å². The van der Waals surface area contributed by atoms with Gasteiger partial charge in [-0.2, -0.15) is 0 Å². The molecule has 0 radical (unpaired) electrons. The minimum absolute atomic E-state index is 0.281. The summed E-state index contributed by atoms with van der Waals surface area (Å²) in [7, 11) is 1.38. The number of carbonyl (C=O) groups is 1. The molecule has 118 valence electrons. The van der Waals surface area contributed by atoms with Gasteiger partial charge < -0.3 is 9.57 Å². The van der Waals surface area contributed by atoms with Crippen molar-refractivity contribution in [2.45, 2.75) is 44.4 Å². The van der Waals surface area contributed by atoms with Crippen LogP contribution in [-0.2, 0) is 20.0 Å². The lowest BCUT2D eigenvalue weighted by Gasteiger charge is -2.38. The van der Waals surface area contributed by atoms with E-state index in [1.54, 1.807) is 0 Å². The molecule has 1 aromatic carbocycles. The minimum Gasteiger partial charge on any atom is -0.465 e. The van der Waals surface area contributed by atoms with E-state index in [2.05, 4.69) is 33.0 Å². The molecule has 2 heterocycles. The highest BCUT2D eigenvalue weighted by atomic mass is 16.7. The Hall–Kier alpha value is -1.85. The van der Waals surface area contributed by atoms with Gasteiger partial charge in [-0.1, -0.05) is 30.3 Å². The van der Waals surface area contributed by atoms with Crippen molar-refractivity contribution in [2.24, 2.45) is 0 Å². The Morgan fingerprint density at radius 1 is 1.18 bits per heavy atom. The van der Waals surface area contributed by atoms with Crippen LogP contribution in [0, 0.1) is 0 Å². The summed E-state index contributed by atoms with van der Waals surface area (Å²) in [6, 6.07) is 9.84. The molecule has 5 nitrogen and oxygen atoms in total. The highest BCUT2D eigenvalue weighted by Gasteiger charge is 2.67. The van der Waals surface area contributed by atoms with Gasteiger partial charge in [0, 0.05) is 5.54 Å². The summed E-state index contributed by atoms with van der Waals surface area (Å²) in [6.07, 6.45) is 1.49. The number of methoxy groups -OCH3 is 1. The highest BCUT2D eigenvalue weighted by Crippen LogP contribution is 2.52. The summed E-state index contributed by atoms with van der Waals surface area (Å²) in [4.78, 5) is 18.1. The normalized spacial score (nSPS) is 28.7. The van der Waals surface area contributed by atoms with Gasteiger partial charge in [0.25, 0.3) is 0 Å². The molecule has 0 bridgehead atoms. The maximum atomic E-state index is 12.3. The smallest absolute Gasteiger partial charge is 0.340 e. The molecule has 1 atom stereocenters. The summed E-state index contributed by atoms with van der Waals surface area (Å²) in [6.45, 7) is 8.40. The minimum atomic E-state index is -0.846. The summed E-state index contributed by atoms with van der Waals surface area (Å²) < 4.78 is 4.97. The van der Waals surface area contributed by atoms with E-state index in [4.69, 9.17) is 9.57 Å². The number of benzene rings is 1. The third kappa shape index (κ3) is 1.69. The van der Waals surface area contributed by atoms with Gasteiger partial charge in [-0.05, 0) is 33.3 Å². The Morgan fingerprint density at radius 3 is 2.41 bits per heavy atom. The first-order valence-electron chi connectivity index (χ1n) is 7.38. The van der Waals surface area contributed by atoms with Gasteiger partial charge in [-0.15, -0.1) is 5.06 Å². The van der Waals surface area contributed by atoms with Gasteiger partial charge >= 0.3 is 5.97 Å². The van der Waals surface area contributed by atoms with Crippen LogP contribution >= 0.6 is 0 Å². The molecular weight excluding hydrogens is 280 g/mol. The van der Waals surface area contributed by atoms with Crippen LogP contribution in [0.1, 0.15) is 33.3 Å². The number of esters is 1. The number of hydrogen-bond acceptors (Lipinski definition) is 5. The fourth-order valence-electron chi connectivity index (χ4n) is 3.24. The number of carbonyl (C=O) groups excluding carboxylic acids is 1. The van der Waals surface area contributed by atoms with Gasteiger partial charge in [-0.25, -0.2) is 4.79 Å². The van der Waals surface area contributed by atoms with E-state index < -0.39 is 11.6 Å². The molecule has 0 spiro atoms.